The molecule has 1 amide bonds. The first kappa shape index (κ1) is 18.9. The molecule has 0 aromatic heterocycles. The molecule has 4 nitrogen and oxygen atoms in total. The standard InChI is InChI=1S/C16H31N3O/c1-7-16(8-2,9-3)18-15(20)12-19(6)11-10-14(17)13(4)5/h1,13-14H,8-12,17H2,2-6H3,(H,18,20). The second kappa shape index (κ2) is 8.99. The quantitative estimate of drug-likeness (QED) is 0.631. The minimum atomic E-state index is -0.508. The molecule has 0 saturated heterocycles. The van der Waals surface area contributed by atoms with Gasteiger partial charge >= 0.3 is 0 Å². The van der Waals surface area contributed by atoms with E-state index in [1.807, 2.05) is 25.8 Å². The van der Waals surface area contributed by atoms with E-state index >= 15 is 0 Å². The van der Waals surface area contributed by atoms with Gasteiger partial charge in [0.1, 0.15) is 5.54 Å². The van der Waals surface area contributed by atoms with Crippen molar-refractivity contribution in [2.24, 2.45) is 11.7 Å². The van der Waals surface area contributed by atoms with Gasteiger partial charge in [0.25, 0.3) is 0 Å². The van der Waals surface area contributed by atoms with Crippen LogP contribution in [0.25, 0.3) is 0 Å². The van der Waals surface area contributed by atoms with Gasteiger partial charge in [-0.1, -0.05) is 33.6 Å². The summed E-state index contributed by atoms with van der Waals surface area (Å²) in [6.07, 6.45) is 7.92. The second-order valence-electron chi connectivity index (χ2n) is 5.92. The summed E-state index contributed by atoms with van der Waals surface area (Å²) in [4.78, 5) is 14.0. The van der Waals surface area contributed by atoms with Crippen molar-refractivity contribution in [3.8, 4) is 12.3 Å². The summed E-state index contributed by atoms with van der Waals surface area (Å²) in [6, 6.07) is 0.177. The van der Waals surface area contributed by atoms with Crippen LogP contribution in [0.15, 0.2) is 0 Å². The first-order valence-corrected chi connectivity index (χ1v) is 7.53. The summed E-state index contributed by atoms with van der Waals surface area (Å²) >= 11 is 0. The van der Waals surface area contributed by atoms with Crippen LogP contribution >= 0.6 is 0 Å². The topological polar surface area (TPSA) is 58.4 Å². The number of carbonyl (C=O) groups is 1. The highest BCUT2D eigenvalue weighted by Crippen LogP contribution is 2.13. The zero-order valence-electron chi connectivity index (χ0n) is 13.7. The molecule has 4 heteroatoms. The third-order valence-corrected chi connectivity index (χ3v) is 3.98. The number of rotatable bonds is 9. The Kier molecular flexibility index (Phi) is 8.52. The lowest BCUT2D eigenvalue weighted by atomic mass is 9.94. The van der Waals surface area contributed by atoms with Gasteiger partial charge in [-0.2, -0.15) is 0 Å². The molecule has 0 bridgehead atoms. The van der Waals surface area contributed by atoms with Gasteiger partial charge in [-0.25, -0.2) is 0 Å². The summed E-state index contributed by atoms with van der Waals surface area (Å²) in [6.45, 7) is 9.38. The van der Waals surface area contributed by atoms with Crippen LogP contribution in [0.1, 0.15) is 47.0 Å². The molecule has 0 aromatic carbocycles. The Balaban J connectivity index is 4.24. The first-order chi connectivity index (χ1) is 9.30. The number of likely N-dealkylation sites (N-methyl/N-ethyl adjacent to an activating group) is 1. The predicted octanol–water partition coefficient (Wildman–Crippen LogP) is 1.60. The summed E-state index contributed by atoms with van der Waals surface area (Å²) in [7, 11) is 1.93. The Morgan fingerprint density at radius 3 is 2.35 bits per heavy atom. The normalized spacial score (nSPS) is 13.3. The molecule has 0 spiro atoms. The molecule has 0 rings (SSSR count). The van der Waals surface area contributed by atoms with E-state index in [1.54, 1.807) is 0 Å². The van der Waals surface area contributed by atoms with Crippen molar-refractivity contribution in [2.45, 2.75) is 58.5 Å². The molecule has 0 fully saturated rings. The molecule has 0 aliphatic carbocycles. The van der Waals surface area contributed by atoms with Gasteiger partial charge in [-0.05, 0) is 38.8 Å². The van der Waals surface area contributed by atoms with Crippen molar-refractivity contribution in [1.29, 1.82) is 0 Å². The first-order valence-electron chi connectivity index (χ1n) is 7.53. The van der Waals surface area contributed by atoms with Crippen molar-refractivity contribution >= 4 is 5.91 Å². The summed E-state index contributed by atoms with van der Waals surface area (Å²) < 4.78 is 0. The van der Waals surface area contributed by atoms with E-state index in [2.05, 4.69) is 25.1 Å². The molecule has 0 heterocycles. The van der Waals surface area contributed by atoms with Crippen molar-refractivity contribution in [3.05, 3.63) is 0 Å². The molecule has 0 aliphatic rings. The number of terminal acetylenes is 1. The van der Waals surface area contributed by atoms with Gasteiger partial charge in [0.2, 0.25) is 5.91 Å². The molecule has 0 saturated carbocycles. The zero-order valence-corrected chi connectivity index (χ0v) is 13.7. The van der Waals surface area contributed by atoms with Crippen LogP contribution < -0.4 is 11.1 Å². The lowest BCUT2D eigenvalue weighted by molar-refractivity contribution is -0.123. The molecule has 116 valence electrons. The number of hydrogen-bond donors (Lipinski definition) is 2. The molecule has 0 aliphatic heterocycles. The minimum absolute atomic E-state index is 0.0210. The largest absolute Gasteiger partial charge is 0.339 e. The Labute approximate surface area is 124 Å². The number of amides is 1. The summed E-state index contributed by atoms with van der Waals surface area (Å²) in [5.41, 5.74) is 5.50. The van der Waals surface area contributed by atoms with Gasteiger partial charge in [-0.3, -0.25) is 9.69 Å². The summed E-state index contributed by atoms with van der Waals surface area (Å²) in [5.74, 6) is 3.16. The lowest BCUT2D eigenvalue weighted by Crippen LogP contribution is -2.49. The van der Waals surface area contributed by atoms with Gasteiger partial charge in [0, 0.05) is 6.04 Å². The maximum absolute atomic E-state index is 12.0. The van der Waals surface area contributed by atoms with E-state index < -0.39 is 5.54 Å². The number of nitrogens with two attached hydrogens (primary N) is 1. The fourth-order valence-electron chi connectivity index (χ4n) is 2.00. The Morgan fingerprint density at radius 2 is 1.95 bits per heavy atom. The van der Waals surface area contributed by atoms with Crippen LogP contribution in [0.3, 0.4) is 0 Å². The van der Waals surface area contributed by atoms with E-state index in [0.29, 0.717) is 12.5 Å². The number of nitrogens with zero attached hydrogens (tertiary/aromatic N) is 1. The third kappa shape index (κ3) is 6.40. The fourth-order valence-corrected chi connectivity index (χ4v) is 2.00. The molecule has 1 atom stereocenters. The minimum Gasteiger partial charge on any atom is -0.339 e. The second-order valence-corrected chi connectivity index (χ2v) is 5.92. The highest BCUT2D eigenvalue weighted by molar-refractivity contribution is 5.79. The van der Waals surface area contributed by atoms with E-state index in [0.717, 1.165) is 25.8 Å². The molecular formula is C16H31N3O. The molecule has 3 N–H and O–H groups in total. The van der Waals surface area contributed by atoms with Crippen molar-refractivity contribution in [2.75, 3.05) is 20.1 Å². The molecule has 0 aromatic rings. The number of hydrogen-bond acceptors (Lipinski definition) is 3. The van der Waals surface area contributed by atoms with Gasteiger partial charge in [0.15, 0.2) is 0 Å². The maximum atomic E-state index is 12.0. The highest BCUT2D eigenvalue weighted by Gasteiger charge is 2.25. The third-order valence-electron chi connectivity index (χ3n) is 3.98. The average Bonchev–Trinajstić information content (AvgIpc) is 2.42. The van der Waals surface area contributed by atoms with Gasteiger partial charge in [0.05, 0.1) is 6.54 Å². The van der Waals surface area contributed by atoms with Crippen LogP contribution in [0.5, 0.6) is 0 Å². The van der Waals surface area contributed by atoms with E-state index in [9.17, 15) is 4.79 Å². The van der Waals surface area contributed by atoms with E-state index in [1.165, 1.54) is 0 Å². The number of carbonyl (C=O) groups excluding carboxylic acids is 1. The van der Waals surface area contributed by atoms with Crippen LogP contribution in [0, 0.1) is 18.3 Å². The Bertz CT molecular complexity index is 329. The maximum Gasteiger partial charge on any atom is 0.235 e. The van der Waals surface area contributed by atoms with E-state index in [-0.39, 0.29) is 11.9 Å². The van der Waals surface area contributed by atoms with E-state index in [4.69, 9.17) is 12.2 Å². The number of nitrogens with one attached hydrogen (secondary N) is 1. The van der Waals surface area contributed by atoms with Crippen molar-refractivity contribution in [1.82, 2.24) is 10.2 Å². The average molecular weight is 281 g/mol. The lowest BCUT2D eigenvalue weighted by Gasteiger charge is -2.28. The van der Waals surface area contributed by atoms with Crippen molar-refractivity contribution < 1.29 is 4.79 Å². The smallest absolute Gasteiger partial charge is 0.235 e. The van der Waals surface area contributed by atoms with Crippen LogP contribution in [0.4, 0.5) is 0 Å². The molecule has 0 radical (unpaired) electrons. The zero-order chi connectivity index (χ0) is 15.8. The predicted molar refractivity (Wildman–Crippen MR) is 85.2 cm³/mol. The van der Waals surface area contributed by atoms with Crippen molar-refractivity contribution in [3.63, 3.8) is 0 Å². The molecule has 20 heavy (non-hydrogen) atoms. The van der Waals surface area contributed by atoms with Crippen LogP contribution in [-0.4, -0.2) is 42.5 Å². The SMILES string of the molecule is C#CC(CC)(CC)NC(=O)CN(C)CCC(N)C(C)C. The molecular weight excluding hydrogens is 250 g/mol. The highest BCUT2D eigenvalue weighted by atomic mass is 16.2. The Hall–Kier alpha value is -1.05. The summed E-state index contributed by atoms with van der Waals surface area (Å²) in [5, 5.41) is 2.97. The monoisotopic (exact) mass is 281 g/mol. The molecule has 1 unspecified atom stereocenters. The fraction of sp³-hybridized carbons (Fsp3) is 0.812. The Morgan fingerprint density at radius 1 is 1.40 bits per heavy atom. The van der Waals surface area contributed by atoms with Crippen LogP contribution in [-0.2, 0) is 4.79 Å². The van der Waals surface area contributed by atoms with Crippen LogP contribution in [0.2, 0.25) is 0 Å². The van der Waals surface area contributed by atoms with Gasteiger partial charge < -0.3 is 11.1 Å². The van der Waals surface area contributed by atoms with Gasteiger partial charge in [-0.15, -0.1) is 6.42 Å².